The number of hydrogen-bond acceptors (Lipinski definition) is 7. The molecule has 0 saturated carbocycles. The van der Waals surface area contributed by atoms with Crippen LogP contribution in [0.3, 0.4) is 0 Å². The molecule has 2 heterocycles. The van der Waals surface area contributed by atoms with E-state index >= 15 is 0 Å². The van der Waals surface area contributed by atoms with E-state index in [9.17, 15) is 4.79 Å². The molecule has 0 fully saturated rings. The lowest BCUT2D eigenvalue weighted by molar-refractivity contribution is -0.118. The van der Waals surface area contributed by atoms with Gasteiger partial charge in [-0.15, -0.1) is 0 Å². The Labute approximate surface area is 186 Å². The van der Waals surface area contributed by atoms with Gasteiger partial charge in [0.15, 0.2) is 23.3 Å². The van der Waals surface area contributed by atoms with Gasteiger partial charge in [-0.2, -0.15) is 0 Å². The zero-order valence-electron chi connectivity index (χ0n) is 18.4. The van der Waals surface area contributed by atoms with Crippen molar-refractivity contribution in [3.63, 3.8) is 0 Å². The molecule has 3 aromatic rings. The number of carbonyl (C=O) groups excluding carboxylic acids is 1. The zero-order chi connectivity index (χ0) is 22.4. The molecule has 0 saturated heterocycles. The molecule has 8 heteroatoms. The molecular formula is C23H26N4O3S. The second-order valence-corrected chi connectivity index (χ2v) is 8.15. The third-order valence-electron chi connectivity index (χ3n) is 4.44. The van der Waals surface area contributed by atoms with Crippen molar-refractivity contribution in [3.05, 3.63) is 64.7 Å². The number of thioether (sulfide) groups is 1. The van der Waals surface area contributed by atoms with E-state index < -0.39 is 0 Å². The first-order valence-corrected chi connectivity index (χ1v) is 10.8. The number of amides is 1. The normalized spacial score (nSPS) is 10.6. The molecule has 0 bridgehead atoms. The largest absolute Gasteiger partial charge is 0.491 e. The molecule has 1 N–H and O–H groups in total. The van der Waals surface area contributed by atoms with Gasteiger partial charge in [0.05, 0.1) is 19.0 Å². The minimum atomic E-state index is -0.243. The molecule has 1 amide bonds. The van der Waals surface area contributed by atoms with Gasteiger partial charge < -0.3 is 14.8 Å². The molecule has 0 unspecified atom stereocenters. The summed E-state index contributed by atoms with van der Waals surface area (Å²) in [5.74, 6) is 1.26. The fraction of sp³-hybridized carbons (Fsp3) is 0.304. The lowest BCUT2D eigenvalue weighted by Crippen LogP contribution is -2.21. The molecule has 2 aromatic heterocycles. The number of nitrogens with zero attached hydrogens (tertiary/aromatic N) is 3. The van der Waals surface area contributed by atoms with E-state index in [-0.39, 0.29) is 12.5 Å². The Hall–Kier alpha value is -3.13. The van der Waals surface area contributed by atoms with E-state index in [0.29, 0.717) is 22.4 Å². The summed E-state index contributed by atoms with van der Waals surface area (Å²) in [6.07, 6.45) is 1.59. The average molecular weight is 439 g/mol. The van der Waals surface area contributed by atoms with Gasteiger partial charge in [0.2, 0.25) is 0 Å². The quantitative estimate of drug-likeness (QED) is 0.411. The minimum Gasteiger partial charge on any atom is -0.491 e. The molecule has 0 aliphatic carbocycles. The Morgan fingerprint density at radius 1 is 1.03 bits per heavy atom. The number of carbonyl (C=O) groups is 1. The van der Waals surface area contributed by atoms with Crippen molar-refractivity contribution < 1.29 is 14.3 Å². The summed E-state index contributed by atoms with van der Waals surface area (Å²) < 4.78 is 11.1. The standard InChI is InChI=1S/C23H26N4O3S/c1-14-6-7-15(2)19(8-14)27-22(28)12-30-20-10-18(24-11-21(20)29-5)13-31-23-25-16(3)9-17(4)26-23/h6-11H,12-13H2,1-5H3,(H,27,28). The highest BCUT2D eigenvalue weighted by atomic mass is 32.2. The van der Waals surface area contributed by atoms with E-state index in [1.54, 1.807) is 12.3 Å². The van der Waals surface area contributed by atoms with Crippen molar-refractivity contribution in [1.82, 2.24) is 15.0 Å². The number of hydrogen-bond donors (Lipinski definition) is 1. The monoisotopic (exact) mass is 438 g/mol. The van der Waals surface area contributed by atoms with Gasteiger partial charge in [-0.05, 0) is 51.0 Å². The highest BCUT2D eigenvalue weighted by Crippen LogP contribution is 2.29. The Morgan fingerprint density at radius 3 is 2.48 bits per heavy atom. The van der Waals surface area contributed by atoms with Gasteiger partial charge in [0.25, 0.3) is 5.91 Å². The van der Waals surface area contributed by atoms with Gasteiger partial charge in [-0.1, -0.05) is 23.9 Å². The second kappa shape index (κ2) is 10.3. The van der Waals surface area contributed by atoms with Crippen molar-refractivity contribution in [2.24, 2.45) is 0 Å². The zero-order valence-corrected chi connectivity index (χ0v) is 19.2. The van der Waals surface area contributed by atoms with Crippen molar-refractivity contribution >= 4 is 23.4 Å². The number of rotatable bonds is 8. The fourth-order valence-corrected chi connectivity index (χ4v) is 3.76. The molecule has 3 rings (SSSR count). The second-order valence-electron chi connectivity index (χ2n) is 7.20. The third-order valence-corrected chi connectivity index (χ3v) is 5.33. The summed E-state index contributed by atoms with van der Waals surface area (Å²) in [7, 11) is 1.54. The molecule has 1 aromatic carbocycles. The summed E-state index contributed by atoms with van der Waals surface area (Å²) in [4.78, 5) is 25.7. The summed E-state index contributed by atoms with van der Waals surface area (Å²) in [6, 6.07) is 9.63. The first kappa shape index (κ1) is 22.6. The van der Waals surface area contributed by atoms with Crippen molar-refractivity contribution in [2.45, 2.75) is 38.6 Å². The van der Waals surface area contributed by atoms with Crippen LogP contribution in [0.5, 0.6) is 11.5 Å². The number of anilines is 1. The molecule has 0 aliphatic heterocycles. The van der Waals surface area contributed by atoms with Gasteiger partial charge in [-0.25, -0.2) is 9.97 Å². The summed E-state index contributed by atoms with van der Waals surface area (Å²) in [6.45, 7) is 7.68. The number of aromatic nitrogens is 3. The van der Waals surface area contributed by atoms with Crippen LogP contribution >= 0.6 is 11.8 Å². The lowest BCUT2D eigenvalue weighted by Gasteiger charge is -2.13. The predicted molar refractivity (Wildman–Crippen MR) is 122 cm³/mol. The van der Waals surface area contributed by atoms with Crippen LogP contribution in [-0.4, -0.2) is 34.6 Å². The highest BCUT2D eigenvalue weighted by molar-refractivity contribution is 7.98. The molecular weight excluding hydrogens is 412 g/mol. The van der Waals surface area contributed by atoms with Crippen LogP contribution in [0.1, 0.15) is 28.2 Å². The van der Waals surface area contributed by atoms with Crippen molar-refractivity contribution in [2.75, 3.05) is 19.0 Å². The lowest BCUT2D eigenvalue weighted by atomic mass is 10.1. The van der Waals surface area contributed by atoms with Gasteiger partial charge in [0, 0.05) is 28.9 Å². The van der Waals surface area contributed by atoms with E-state index in [4.69, 9.17) is 9.47 Å². The SMILES string of the molecule is COc1cnc(CSc2nc(C)cc(C)n2)cc1OCC(=O)Nc1cc(C)ccc1C. The van der Waals surface area contributed by atoms with Crippen molar-refractivity contribution in [3.8, 4) is 11.5 Å². The molecule has 0 spiro atoms. The van der Waals surface area contributed by atoms with E-state index in [0.717, 1.165) is 33.9 Å². The number of nitrogens with one attached hydrogen (secondary N) is 1. The van der Waals surface area contributed by atoms with E-state index in [1.165, 1.54) is 18.9 Å². The number of methoxy groups -OCH3 is 1. The van der Waals surface area contributed by atoms with Crippen LogP contribution in [0.15, 0.2) is 41.7 Å². The number of aryl methyl sites for hydroxylation is 4. The summed E-state index contributed by atoms with van der Waals surface area (Å²) in [5, 5.41) is 3.59. The first-order chi connectivity index (χ1) is 14.8. The minimum absolute atomic E-state index is 0.138. The Morgan fingerprint density at radius 2 is 1.77 bits per heavy atom. The molecule has 31 heavy (non-hydrogen) atoms. The molecule has 162 valence electrons. The number of pyridine rings is 1. The third kappa shape index (κ3) is 6.42. The van der Waals surface area contributed by atoms with Gasteiger partial charge in [0.1, 0.15) is 0 Å². The van der Waals surface area contributed by atoms with Crippen molar-refractivity contribution in [1.29, 1.82) is 0 Å². The molecule has 0 aliphatic rings. The molecule has 7 nitrogen and oxygen atoms in total. The van der Waals surface area contributed by atoms with Crippen LogP contribution in [0.2, 0.25) is 0 Å². The van der Waals surface area contributed by atoms with Crippen LogP contribution in [-0.2, 0) is 10.5 Å². The Kier molecular flexibility index (Phi) is 7.46. The van der Waals surface area contributed by atoms with E-state index in [1.807, 2.05) is 52.0 Å². The van der Waals surface area contributed by atoms with Crippen LogP contribution < -0.4 is 14.8 Å². The highest BCUT2D eigenvalue weighted by Gasteiger charge is 2.12. The number of ether oxygens (including phenoxy) is 2. The smallest absolute Gasteiger partial charge is 0.262 e. The number of benzene rings is 1. The van der Waals surface area contributed by atoms with E-state index in [2.05, 4.69) is 20.3 Å². The van der Waals surface area contributed by atoms with Gasteiger partial charge >= 0.3 is 0 Å². The maximum atomic E-state index is 12.4. The average Bonchev–Trinajstić information content (AvgIpc) is 2.73. The first-order valence-electron chi connectivity index (χ1n) is 9.82. The van der Waals surface area contributed by atoms with Crippen LogP contribution in [0, 0.1) is 27.7 Å². The fourth-order valence-electron chi connectivity index (χ4n) is 2.91. The Bertz CT molecular complexity index is 1070. The summed E-state index contributed by atoms with van der Waals surface area (Å²) in [5.41, 5.74) is 5.48. The van der Waals surface area contributed by atoms with Crippen LogP contribution in [0.25, 0.3) is 0 Å². The topological polar surface area (TPSA) is 86.2 Å². The predicted octanol–water partition coefficient (Wildman–Crippen LogP) is 4.42. The maximum Gasteiger partial charge on any atom is 0.262 e. The molecule has 0 radical (unpaired) electrons. The van der Waals surface area contributed by atoms with Gasteiger partial charge in [-0.3, -0.25) is 9.78 Å². The molecule has 0 atom stereocenters. The Balaban J connectivity index is 1.64. The summed E-state index contributed by atoms with van der Waals surface area (Å²) >= 11 is 1.49. The van der Waals surface area contributed by atoms with Crippen LogP contribution in [0.4, 0.5) is 5.69 Å². The maximum absolute atomic E-state index is 12.4.